The number of amides is 1. The van der Waals surface area contributed by atoms with Gasteiger partial charge in [-0.05, 0) is 30.5 Å². The molecule has 4 heteroatoms. The van der Waals surface area contributed by atoms with Gasteiger partial charge in [0, 0.05) is 6.42 Å². The van der Waals surface area contributed by atoms with Crippen molar-refractivity contribution in [1.82, 2.24) is 5.32 Å². The molecule has 0 radical (unpaired) electrons. The molecule has 3 N–H and O–H groups in total. The molecule has 1 aromatic carbocycles. The van der Waals surface area contributed by atoms with Crippen LogP contribution in [0.15, 0.2) is 24.3 Å². The summed E-state index contributed by atoms with van der Waals surface area (Å²) in [7, 11) is 0. The number of carbonyl (C=O) groups excluding carboxylic acids is 1. The first-order chi connectivity index (χ1) is 8.15. The van der Waals surface area contributed by atoms with Crippen molar-refractivity contribution in [3.8, 4) is 5.75 Å². The lowest BCUT2D eigenvalue weighted by atomic mass is 10.1. The van der Waals surface area contributed by atoms with E-state index in [9.17, 15) is 9.90 Å². The van der Waals surface area contributed by atoms with Gasteiger partial charge in [-0.2, -0.15) is 0 Å². The first-order valence-corrected chi connectivity index (χ1v) is 5.83. The fourth-order valence-corrected chi connectivity index (χ4v) is 1.60. The number of benzene rings is 1. The summed E-state index contributed by atoms with van der Waals surface area (Å²) in [5.41, 5.74) is 0.971. The molecule has 4 nitrogen and oxygen atoms in total. The highest BCUT2D eigenvalue weighted by atomic mass is 16.3. The molecule has 0 aliphatic heterocycles. The van der Waals surface area contributed by atoms with Gasteiger partial charge in [0.2, 0.25) is 5.91 Å². The molecule has 1 rings (SSSR count). The largest absolute Gasteiger partial charge is 0.508 e. The van der Waals surface area contributed by atoms with Gasteiger partial charge in [0.05, 0.1) is 12.6 Å². The minimum atomic E-state index is -0.265. The Morgan fingerprint density at radius 3 is 2.53 bits per heavy atom. The summed E-state index contributed by atoms with van der Waals surface area (Å²) in [5.74, 6) is 0.176. The highest BCUT2D eigenvalue weighted by Crippen LogP contribution is 2.11. The summed E-state index contributed by atoms with van der Waals surface area (Å²) < 4.78 is 0. The van der Waals surface area contributed by atoms with Gasteiger partial charge < -0.3 is 15.5 Å². The SMILES string of the molecule is CCCC(=O)N[C@H](CO)Cc1ccc(O)cc1. The summed E-state index contributed by atoms with van der Waals surface area (Å²) in [6, 6.07) is 6.49. The maximum absolute atomic E-state index is 11.4. The highest BCUT2D eigenvalue weighted by Gasteiger charge is 2.11. The van der Waals surface area contributed by atoms with Crippen molar-refractivity contribution in [1.29, 1.82) is 0 Å². The van der Waals surface area contributed by atoms with Crippen molar-refractivity contribution in [3.63, 3.8) is 0 Å². The van der Waals surface area contributed by atoms with Crippen LogP contribution >= 0.6 is 0 Å². The number of phenols is 1. The van der Waals surface area contributed by atoms with E-state index < -0.39 is 0 Å². The lowest BCUT2D eigenvalue weighted by Crippen LogP contribution is -2.38. The van der Waals surface area contributed by atoms with Gasteiger partial charge in [0.15, 0.2) is 0 Å². The lowest BCUT2D eigenvalue weighted by molar-refractivity contribution is -0.122. The van der Waals surface area contributed by atoms with E-state index >= 15 is 0 Å². The average molecular weight is 237 g/mol. The number of hydrogen-bond acceptors (Lipinski definition) is 3. The van der Waals surface area contributed by atoms with E-state index in [0.29, 0.717) is 12.8 Å². The zero-order valence-electron chi connectivity index (χ0n) is 10.0. The molecule has 1 amide bonds. The molecule has 0 heterocycles. The van der Waals surface area contributed by atoms with Gasteiger partial charge in [-0.3, -0.25) is 4.79 Å². The van der Waals surface area contributed by atoms with Crippen LogP contribution in [0.2, 0.25) is 0 Å². The summed E-state index contributed by atoms with van der Waals surface area (Å²) in [5, 5.41) is 21.1. The highest BCUT2D eigenvalue weighted by molar-refractivity contribution is 5.76. The number of rotatable bonds is 6. The second-order valence-corrected chi connectivity index (χ2v) is 4.07. The van der Waals surface area contributed by atoms with E-state index in [-0.39, 0.29) is 24.3 Å². The third-order valence-electron chi connectivity index (χ3n) is 2.48. The van der Waals surface area contributed by atoms with E-state index in [0.717, 1.165) is 12.0 Å². The van der Waals surface area contributed by atoms with Crippen molar-refractivity contribution in [3.05, 3.63) is 29.8 Å². The van der Waals surface area contributed by atoms with Gasteiger partial charge in [-0.15, -0.1) is 0 Å². The van der Waals surface area contributed by atoms with Crippen LogP contribution < -0.4 is 5.32 Å². The zero-order chi connectivity index (χ0) is 12.7. The smallest absolute Gasteiger partial charge is 0.220 e. The number of aliphatic hydroxyl groups is 1. The minimum absolute atomic E-state index is 0.0367. The first-order valence-electron chi connectivity index (χ1n) is 5.83. The molecule has 0 aliphatic rings. The number of hydrogen-bond donors (Lipinski definition) is 3. The second-order valence-electron chi connectivity index (χ2n) is 4.07. The van der Waals surface area contributed by atoms with Gasteiger partial charge in [0.1, 0.15) is 5.75 Å². The third kappa shape index (κ3) is 4.87. The molecule has 17 heavy (non-hydrogen) atoms. The van der Waals surface area contributed by atoms with Crippen LogP contribution in [0.3, 0.4) is 0 Å². The number of carbonyl (C=O) groups is 1. The van der Waals surface area contributed by atoms with Gasteiger partial charge >= 0.3 is 0 Å². The average Bonchev–Trinajstić information content (AvgIpc) is 2.31. The molecule has 0 spiro atoms. The van der Waals surface area contributed by atoms with Crippen molar-refractivity contribution >= 4 is 5.91 Å². The van der Waals surface area contributed by atoms with Gasteiger partial charge in [0.25, 0.3) is 0 Å². The summed E-state index contributed by atoms with van der Waals surface area (Å²) in [6.07, 6.45) is 1.83. The monoisotopic (exact) mass is 237 g/mol. The maximum atomic E-state index is 11.4. The van der Waals surface area contributed by atoms with Gasteiger partial charge in [-0.25, -0.2) is 0 Å². The Kier molecular flexibility index (Phi) is 5.49. The van der Waals surface area contributed by atoms with E-state index in [4.69, 9.17) is 5.11 Å². The fourth-order valence-electron chi connectivity index (χ4n) is 1.60. The third-order valence-corrected chi connectivity index (χ3v) is 2.48. The minimum Gasteiger partial charge on any atom is -0.508 e. The van der Waals surface area contributed by atoms with Crippen LogP contribution in [-0.2, 0) is 11.2 Å². The maximum Gasteiger partial charge on any atom is 0.220 e. The lowest BCUT2D eigenvalue weighted by Gasteiger charge is -2.16. The van der Waals surface area contributed by atoms with Crippen molar-refractivity contribution in [2.75, 3.05) is 6.61 Å². The van der Waals surface area contributed by atoms with Crippen molar-refractivity contribution in [2.45, 2.75) is 32.2 Å². The van der Waals surface area contributed by atoms with Crippen molar-refractivity contribution in [2.24, 2.45) is 0 Å². The van der Waals surface area contributed by atoms with E-state index in [1.54, 1.807) is 24.3 Å². The van der Waals surface area contributed by atoms with Crippen LogP contribution in [0.4, 0.5) is 0 Å². The normalized spacial score (nSPS) is 12.1. The molecule has 1 aromatic rings. The van der Waals surface area contributed by atoms with E-state index in [1.807, 2.05) is 6.92 Å². The predicted octanol–water partition coefficient (Wildman–Crippen LogP) is 1.21. The quantitative estimate of drug-likeness (QED) is 0.696. The molecule has 0 unspecified atom stereocenters. The molecule has 0 aliphatic carbocycles. The molecule has 0 bridgehead atoms. The molecule has 0 saturated carbocycles. The predicted molar refractivity (Wildman–Crippen MR) is 65.7 cm³/mol. The van der Waals surface area contributed by atoms with Crippen LogP contribution in [0.25, 0.3) is 0 Å². The second kappa shape index (κ2) is 6.91. The Balaban J connectivity index is 2.51. The Morgan fingerprint density at radius 2 is 2.00 bits per heavy atom. The Labute approximate surface area is 101 Å². The van der Waals surface area contributed by atoms with Gasteiger partial charge in [-0.1, -0.05) is 19.1 Å². The standard InChI is InChI=1S/C13H19NO3/c1-2-3-13(17)14-11(9-15)8-10-4-6-12(16)7-5-10/h4-7,11,15-16H,2-3,8-9H2,1H3,(H,14,17)/t11-/m0/s1. The summed E-state index contributed by atoms with van der Waals surface area (Å²) in [4.78, 5) is 11.4. The van der Waals surface area contributed by atoms with E-state index in [2.05, 4.69) is 5.32 Å². The van der Waals surface area contributed by atoms with Crippen LogP contribution in [0.5, 0.6) is 5.75 Å². The summed E-state index contributed by atoms with van der Waals surface area (Å²) >= 11 is 0. The molecule has 0 saturated heterocycles. The van der Waals surface area contributed by atoms with Crippen LogP contribution in [-0.4, -0.2) is 28.8 Å². The number of nitrogens with one attached hydrogen (secondary N) is 1. The molecule has 1 atom stereocenters. The summed E-state index contributed by atoms with van der Waals surface area (Å²) in [6.45, 7) is 1.85. The number of phenolic OH excluding ortho intramolecular Hbond substituents is 1. The molecular weight excluding hydrogens is 218 g/mol. The van der Waals surface area contributed by atoms with Crippen molar-refractivity contribution < 1.29 is 15.0 Å². The Bertz CT molecular complexity index is 348. The van der Waals surface area contributed by atoms with E-state index in [1.165, 1.54) is 0 Å². The van der Waals surface area contributed by atoms with Crippen LogP contribution in [0, 0.1) is 0 Å². The number of aromatic hydroxyl groups is 1. The Hall–Kier alpha value is -1.55. The molecule has 0 fully saturated rings. The number of aliphatic hydroxyl groups excluding tert-OH is 1. The topological polar surface area (TPSA) is 69.6 Å². The molecule has 0 aromatic heterocycles. The van der Waals surface area contributed by atoms with Crippen LogP contribution in [0.1, 0.15) is 25.3 Å². The molecule has 94 valence electrons. The zero-order valence-corrected chi connectivity index (χ0v) is 10.0. The first kappa shape index (κ1) is 13.5. The Morgan fingerprint density at radius 1 is 1.35 bits per heavy atom. The fraction of sp³-hybridized carbons (Fsp3) is 0.462. The molecular formula is C13H19NO3.